The number of thioether (sulfide) groups is 1. The van der Waals surface area contributed by atoms with E-state index in [4.69, 9.17) is 4.74 Å². The Labute approximate surface area is 147 Å². The summed E-state index contributed by atoms with van der Waals surface area (Å²) in [5.41, 5.74) is 0.585. The molecule has 126 valence electrons. The Morgan fingerprint density at radius 3 is 2.46 bits per heavy atom. The summed E-state index contributed by atoms with van der Waals surface area (Å²) in [6, 6.07) is 7.68. The van der Waals surface area contributed by atoms with Crippen LogP contribution < -0.4 is 0 Å². The molecule has 0 fully saturated rings. The predicted octanol–water partition coefficient (Wildman–Crippen LogP) is 3.79. The van der Waals surface area contributed by atoms with Gasteiger partial charge in [0.2, 0.25) is 5.78 Å². The minimum absolute atomic E-state index is 0.00560. The molecule has 0 atom stereocenters. The molecule has 8 heteroatoms. The van der Waals surface area contributed by atoms with E-state index in [1.54, 1.807) is 18.2 Å². The number of carbonyl (C=O) groups excluding carboxylic acids is 2. The lowest BCUT2D eigenvalue weighted by Crippen LogP contribution is -2.15. The van der Waals surface area contributed by atoms with E-state index in [1.165, 1.54) is 35.2 Å². The maximum atomic E-state index is 12.0. The molecule has 0 unspecified atom stereocenters. The van der Waals surface area contributed by atoms with E-state index in [1.807, 2.05) is 13.8 Å². The van der Waals surface area contributed by atoms with E-state index in [0.29, 0.717) is 10.5 Å². The van der Waals surface area contributed by atoms with Gasteiger partial charge in [0.05, 0.1) is 10.7 Å². The van der Waals surface area contributed by atoms with Gasteiger partial charge < -0.3 is 4.74 Å². The normalized spacial score (nSPS) is 10.4. The Balaban J connectivity index is 1.80. The van der Waals surface area contributed by atoms with Crippen LogP contribution in [0.5, 0.6) is 0 Å². The zero-order chi connectivity index (χ0) is 17.7. The lowest BCUT2D eigenvalue weighted by Gasteiger charge is -2.04. The minimum Gasteiger partial charge on any atom is -0.457 e. The largest absolute Gasteiger partial charge is 0.457 e. The van der Waals surface area contributed by atoms with Crippen LogP contribution in [-0.4, -0.2) is 29.0 Å². The van der Waals surface area contributed by atoms with Crippen LogP contribution in [0.3, 0.4) is 0 Å². The van der Waals surface area contributed by atoms with Gasteiger partial charge in [0.25, 0.3) is 5.69 Å². The number of esters is 1. The second-order valence-electron chi connectivity index (χ2n) is 4.95. The van der Waals surface area contributed by atoms with E-state index in [2.05, 4.69) is 0 Å². The lowest BCUT2D eigenvalue weighted by atomic mass is 10.2. The van der Waals surface area contributed by atoms with Gasteiger partial charge in [-0.1, -0.05) is 0 Å². The van der Waals surface area contributed by atoms with Crippen molar-refractivity contribution >= 4 is 40.5 Å². The Morgan fingerprint density at radius 1 is 1.25 bits per heavy atom. The second kappa shape index (κ2) is 8.07. The summed E-state index contributed by atoms with van der Waals surface area (Å²) in [5.74, 6) is -0.686. The molecule has 1 aromatic heterocycles. The van der Waals surface area contributed by atoms with E-state index >= 15 is 0 Å². The van der Waals surface area contributed by atoms with Crippen molar-refractivity contribution in [2.24, 2.45) is 0 Å². The van der Waals surface area contributed by atoms with Crippen LogP contribution in [0.4, 0.5) is 5.69 Å². The molecule has 0 radical (unpaired) electrons. The van der Waals surface area contributed by atoms with Gasteiger partial charge in [-0.25, -0.2) is 0 Å². The number of ether oxygens (including phenoxy) is 1. The van der Waals surface area contributed by atoms with E-state index in [9.17, 15) is 19.7 Å². The number of non-ortho nitro benzene ring substituents is 1. The first-order chi connectivity index (χ1) is 11.4. The van der Waals surface area contributed by atoms with Crippen LogP contribution >= 0.6 is 23.1 Å². The fourth-order valence-corrected chi connectivity index (χ4v) is 3.62. The first kappa shape index (κ1) is 18.2. The molecule has 0 saturated carbocycles. The molecule has 0 bridgehead atoms. The molecule has 0 aliphatic rings. The van der Waals surface area contributed by atoms with Crippen molar-refractivity contribution in [2.75, 3.05) is 12.4 Å². The average molecular weight is 365 g/mol. The van der Waals surface area contributed by atoms with Gasteiger partial charge in [-0.3, -0.25) is 19.7 Å². The molecular formula is C16H15NO5S2. The van der Waals surface area contributed by atoms with Crippen molar-refractivity contribution < 1.29 is 19.2 Å². The highest BCUT2D eigenvalue weighted by Crippen LogP contribution is 2.22. The number of benzene rings is 1. The van der Waals surface area contributed by atoms with Crippen molar-refractivity contribution in [3.63, 3.8) is 0 Å². The Kier molecular flexibility index (Phi) is 6.10. The number of nitro benzene ring substituents is 1. The SMILES string of the molecule is Cc1cc(C(=O)COC(=O)CSc2ccc([N+](=O)[O-])cc2)c(C)s1. The molecule has 2 aromatic rings. The standard InChI is InChI=1S/C16H15NO5S2/c1-10-7-14(11(2)24-10)15(18)8-22-16(19)9-23-13-5-3-12(4-6-13)17(20)21/h3-7H,8-9H2,1-2H3. The molecule has 1 heterocycles. The van der Waals surface area contributed by atoms with Crippen molar-refractivity contribution in [1.82, 2.24) is 0 Å². The van der Waals surface area contributed by atoms with E-state index in [0.717, 1.165) is 9.75 Å². The summed E-state index contributed by atoms with van der Waals surface area (Å²) >= 11 is 2.73. The number of Topliss-reactive ketones (excluding diaryl/α,β-unsaturated/α-hetero) is 1. The highest BCUT2D eigenvalue weighted by Gasteiger charge is 2.14. The number of aryl methyl sites for hydroxylation is 2. The third-order valence-corrected chi connectivity index (χ3v) is 5.06. The first-order valence-electron chi connectivity index (χ1n) is 7.00. The van der Waals surface area contributed by atoms with Gasteiger partial charge in [-0.15, -0.1) is 23.1 Å². The van der Waals surface area contributed by atoms with Gasteiger partial charge in [-0.2, -0.15) is 0 Å². The lowest BCUT2D eigenvalue weighted by molar-refractivity contribution is -0.384. The maximum Gasteiger partial charge on any atom is 0.316 e. The summed E-state index contributed by atoms with van der Waals surface area (Å²) < 4.78 is 4.99. The molecule has 6 nitrogen and oxygen atoms in total. The first-order valence-corrected chi connectivity index (χ1v) is 8.80. The smallest absolute Gasteiger partial charge is 0.316 e. The third-order valence-electron chi connectivity index (χ3n) is 3.11. The number of ketones is 1. The highest BCUT2D eigenvalue weighted by molar-refractivity contribution is 8.00. The maximum absolute atomic E-state index is 12.0. The van der Waals surface area contributed by atoms with Crippen LogP contribution in [0.2, 0.25) is 0 Å². The van der Waals surface area contributed by atoms with Gasteiger partial charge in [-0.05, 0) is 32.0 Å². The molecule has 0 spiro atoms. The van der Waals surface area contributed by atoms with Crippen molar-refractivity contribution in [3.8, 4) is 0 Å². The number of nitro groups is 1. The fourth-order valence-electron chi connectivity index (χ4n) is 1.98. The molecule has 24 heavy (non-hydrogen) atoms. The predicted molar refractivity (Wildman–Crippen MR) is 92.9 cm³/mol. The topological polar surface area (TPSA) is 86.5 Å². The van der Waals surface area contributed by atoms with Gasteiger partial charge in [0.1, 0.15) is 0 Å². The Morgan fingerprint density at radius 2 is 1.92 bits per heavy atom. The molecule has 0 amide bonds. The second-order valence-corrected chi connectivity index (χ2v) is 7.46. The minimum atomic E-state index is -0.503. The number of nitrogens with zero attached hydrogens (tertiary/aromatic N) is 1. The quantitative estimate of drug-likeness (QED) is 0.244. The summed E-state index contributed by atoms with van der Waals surface area (Å²) in [7, 11) is 0. The van der Waals surface area contributed by atoms with Crippen molar-refractivity contribution in [1.29, 1.82) is 0 Å². The molecule has 0 saturated heterocycles. The van der Waals surface area contributed by atoms with Gasteiger partial charge >= 0.3 is 5.97 Å². The zero-order valence-corrected chi connectivity index (χ0v) is 14.7. The Hall–Kier alpha value is -2.19. The average Bonchev–Trinajstić information content (AvgIpc) is 2.89. The fraction of sp³-hybridized carbons (Fsp3) is 0.250. The summed E-state index contributed by atoms with van der Waals surface area (Å²) in [6.45, 7) is 3.50. The number of hydrogen-bond donors (Lipinski definition) is 0. The van der Waals surface area contributed by atoms with Crippen LogP contribution in [-0.2, 0) is 9.53 Å². The zero-order valence-electron chi connectivity index (χ0n) is 13.1. The summed E-state index contributed by atoms with van der Waals surface area (Å²) in [6.07, 6.45) is 0. The third kappa shape index (κ3) is 4.90. The van der Waals surface area contributed by atoms with Crippen LogP contribution in [0.15, 0.2) is 35.2 Å². The molecular weight excluding hydrogens is 350 g/mol. The van der Waals surface area contributed by atoms with E-state index in [-0.39, 0.29) is 23.8 Å². The van der Waals surface area contributed by atoms with Crippen LogP contribution in [0.25, 0.3) is 0 Å². The Bertz CT molecular complexity index is 767. The molecule has 1 aromatic carbocycles. The van der Waals surface area contributed by atoms with Crippen LogP contribution in [0.1, 0.15) is 20.1 Å². The highest BCUT2D eigenvalue weighted by atomic mass is 32.2. The molecule has 0 N–H and O–H groups in total. The number of carbonyl (C=O) groups is 2. The molecule has 2 rings (SSSR count). The number of hydrogen-bond acceptors (Lipinski definition) is 7. The monoisotopic (exact) mass is 365 g/mol. The molecule has 0 aliphatic heterocycles. The summed E-state index contributed by atoms with van der Waals surface area (Å²) in [5, 5.41) is 10.6. The van der Waals surface area contributed by atoms with E-state index < -0.39 is 10.9 Å². The van der Waals surface area contributed by atoms with Crippen molar-refractivity contribution in [2.45, 2.75) is 18.7 Å². The van der Waals surface area contributed by atoms with Gasteiger partial charge in [0, 0.05) is 32.3 Å². The van der Waals surface area contributed by atoms with Gasteiger partial charge in [0.15, 0.2) is 6.61 Å². The molecule has 0 aliphatic carbocycles. The number of rotatable bonds is 7. The van der Waals surface area contributed by atoms with Crippen molar-refractivity contribution in [3.05, 3.63) is 55.8 Å². The van der Waals surface area contributed by atoms with Crippen LogP contribution in [0, 0.1) is 24.0 Å². The number of thiophene rings is 1. The summed E-state index contributed by atoms with van der Waals surface area (Å²) in [4.78, 5) is 36.5.